The van der Waals surface area contributed by atoms with Gasteiger partial charge in [-0.15, -0.1) is 11.8 Å². The van der Waals surface area contributed by atoms with Crippen LogP contribution in [-0.4, -0.2) is 45.8 Å². The van der Waals surface area contributed by atoms with Crippen molar-refractivity contribution in [3.63, 3.8) is 0 Å². The van der Waals surface area contributed by atoms with Crippen LogP contribution in [0.3, 0.4) is 0 Å². The largest absolute Gasteiger partial charge is 0.480 e. The van der Waals surface area contributed by atoms with E-state index in [1.807, 2.05) is 0 Å². The van der Waals surface area contributed by atoms with Gasteiger partial charge in [-0.1, -0.05) is 0 Å². The summed E-state index contributed by atoms with van der Waals surface area (Å²) in [7, 11) is 0. The molecule has 1 heterocycles. The number of aliphatic carboxylic acids is 1. The second kappa shape index (κ2) is 7.82. The molecule has 0 aromatic heterocycles. The molecule has 1 saturated heterocycles. The third-order valence-corrected chi connectivity index (χ3v) is 4.54. The first-order valence-electron chi connectivity index (χ1n) is 7.17. The number of nitrogens with one attached hydrogen (secondary N) is 3. The highest BCUT2D eigenvalue weighted by molar-refractivity contribution is 8.00. The summed E-state index contributed by atoms with van der Waals surface area (Å²) in [6.45, 7) is 1.40. The number of carbonyl (C=O) groups excluding carboxylic acids is 3. The predicted molar refractivity (Wildman–Crippen MR) is 89.8 cm³/mol. The topological polar surface area (TPSA) is 125 Å². The molecule has 1 aliphatic rings. The average molecular weight is 351 g/mol. The van der Waals surface area contributed by atoms with Gasteiger partial charge >= 0.3 is 5.97 Å². The van der Waals surface area contributed by atoms with Gasteiger partial charge in [0.1, 0.15) is 6.04 Å². The van der Waals surface area contributed by atoms with Crippen LogP contribution in [0.4, 0.5) is 11.4 Å². The molecule has 8 nitrogen and oxygen atoms in total. The summed E-state index contributed by atoms with van der Waals surface area (Å²) in [6.07, 6.45) is -0.0454. The highest BCUT2D eigenvalue weighted by atomic mass is 32.2. The van der Waals surface area contributed by atoms with Gasteiger partial charge in [-0.2, -0.15) is 0 Å². The molecular formula is C15H17N3O5S. The molecule has 4 N–H and O–H groups in total. The maximum atomic E-state index is 12.0. The van der Waals surface area contributed by atoms with E-state index in [1.54, 1.807) is 24.3 Å². The second-order valence-corrected chi connectivity index (χ2v) is 6.47. The second-order valence-electron chi connectivity index (χ2n) is 5.23. The van der Waals surface area contributed by atoms with E-state index < -0.39 is 23.2 Å². The molecule has 2 rings (SSSR count). The van der Waals surface area contributed by atoms with Crippen molar-refractivity contribution in [2.75, 3.05) is 16.4 Å². The zero-order valence-corrected chi connectivity index (χ0v) is 13.7. The highest BCUT2D eigenvalue weighted by Gasteiger charge is 2.33. The van der Waals surface area contributed by atoms with Crippen LogP contribution in [0.25, 0.3) is 0 Å². The van der Waals surface area contributed by atoms with Gasteiger partial charge in [-0.25, -0.2) is 4.79 Å². The summed E-state index contributed by atoms with van der Waals surface area (Å²) in [4.78, 5) is 45.6. The lowest BCUT2D eigenvalue weighted by Crippen LogP contribution is -2.51. The molecule has 1 aromatic carbocycles. The fourth-order valence-electron chi connectivity index (χ4n) is 2.10. The van der Waals surface area contributed by atoms with Crippen molar-refractivity contribution >= 4 is 46.8 Å². The van der Waals surface area contributed by atoms with E-state index in [0.717, 1.165) is 11.8 Å². The minimum atomic E-state index is -1.09. The van der Waals surface area contributed by atoms with Crippen molar-refractivity contribution in [2.45, 2.75) is 24.6 Å². The fraction of sp³-hybridized carbons (Fsp3) is 0.333. The Kier molecular flexibility index (Phi) is 5.80. The van der Waals surface area contributed by atoms with Crippen molar-refractivity contribution < 1.29 is 24.3 Å². The normalized spacial score (nSPS) is 20.0. The highest BCUT2D eigenvalue weighted by Crippen LogP contribution is 2.22. The van der Waals surface area contributed by atoms with Crippen molar-refractivity contribution in [2.24, 2.45) is 0 Å². The predicted octanol–water partition coefficient (Wildman–Crippen LogP) is 0.658. The number of thioether (sulfide) groups is 1. The minimum Gasteiger partial charge on any atom is -0.480 e. The average Bonchev–Trinajstić information content (AvgIpc) is 2.50. The number of carbonyl (C=O) groups is 4. The molecule has 2 atom stereocenters. The van der Waals surface area contributed by atoms with E-state index in [0.29, 0.717) is 11.4 Å². The third kappa shape index (κ3) is 4.98. The summed E-state index contributed by atoms with van der Waals surface area (Å²) in [5, 5.41) is 15.9. The first kappa shape index (κ1) is 17.8. The third-order valence-electron chi connectivity index (χ3n) is 3.23. The Morgan fingerprint density at radius 3 is 2.29 bits per heavy atom. The zero-order chi connectivity index (χ0) is 17.7. The molecule has 3 amide bonds. The Hall–Kier alpha value is -2.55. The van der Waals surface area contributed by atoms with E-state index in [2.05, 4.69) is 16.0 Å². The van der Waals surface area contributed by atoms with Crippen LogP contribution in [0.5, 0.6) is 0 Å². The quantitative estimate of drug-likeness (QED) is 0.618. The molecule has 0 radical (unpaired) electrons. The molecule has 0 aliphatic carbocycles. The number of carboxylic acids is 1. The van der Waals surface area contributed by atoms with Gasteiger partial charge in [0.25, 0.3) is 0 Å². The Bertz CT molecular complexity index is 662. The van der Waals surface area contributed by atoms with Crippen molar-refractivity contribution in [1.29, 1.82) is 0 Å². The van der Waals surface area contributed by atoms with Crippen molar-refractivity contribution in [1.82, 2.24) is 5.32 Å². The Morgan fingerprint density at radius 1 is 1.21 bits per heavy atom. The number of carboxylic acid groups (broad SMARTS) is 1. The Labute approximate surface area is 142 Å². The van der Waals surface area contributed by atoms with Crippen LogP contribution in [0, 0.1) is 0 Å². The summed E-state index contributed by atoms with van der Waals surface area (Å²) in [5.41, 5.74) is 1.15. The number of hydrogen-bond acceptors (Lipinski definition) is 5. The summed E-state index contributed by atoms with van der Waals surface area (Å²) >= 11 is 1.15. The van der Waals surface area contributed by atoms with Crippen LogP contribution < -0.4 is 16.0 Å². The minimum absolute atomic E-state index is 0.0454. The summed E-state index contributed by atoms with van der Waals surface area (Å²) in [5.74, 6) is -1.84. The fourth-order valence-corrected chi connectivity index (χ4v) is 3.24. The molecule has 0 saturated carbocycles. The Morgan fingerprint density at radius 2 is 1.79 bits per heavy atom. The molecular weight excluding hydrogens is 334 g/mol. The Balaban J connectivity index is 1.86. The number of amides is 3. The van der Waals surface area contributed by atoms with Crippen LogP contribution in [0.2, 0.25) is 0 Å². The van der Waals surface area contributed by atoms with Crippen LogP contribution in [-0.2, 0) is 19.2 Å². The molecule has 0 spiro atoms. The molecule has 1 aromatic rings. The zero-order valence-electron chi connectivity index (χ0n) is 12.9. The van der Waals surface area contributed by atoms with Gasteiger partial charge in [-0.05, 0) is 24.3 Å². The number of anilines is 2. The van der Waals surface area contributed by atoms with Crippen molar-refractivity contribution in [3.05, 3.63) is 24.3 Å². The van der Waals surface area contributed by atoms with Gasteiger partial charge < -0.3 is 21.1 Å². The monoisotopic (exact) mass is 351 g/mol. The van der Waals surface area contributed by atoms with E-state index in [4.69, 9.17) is 5.11 Å². The van der Waals surface area contributed by atoms with Crippen LogP contribution >= 0.6 is 11.8 Å². The van der Waals surface area contributed by atoms with Gasteiger partial charge in [-0.3, -0.25) is 14.4 Å². The molecule has 128 valence electrons. The first-order valence-corrected chi connectivity index (χ1v) is 8.22. The van der Waals surface area contributed by atoms with Gasteiger partial charge in [0.15, 0.2) is 0 Å². The number of benzene rings is 1. The SMILES string of the molecule is CC(=O)Nc1ccc(NC(=O)C[C@@H]2SC[C@@H](C(=O)O)NC2=O)cc1. The van der Waals surface area contributed by atoms with E-state index in [-0.39, 0.29) is 24.0 Å². The summed E-state index contributed by atoms with van der Waals surface area (Å²) in [6, 6.07) is 5.66. The number of rotatable bonds is 5. The van der Waals surface area contributed by atoms with E-state index >= 15 is 0 Å². The van der Waals surface area contributed by atoms with E-state index in [9.17, 15) is 19.2 Å². The smallest absolute Gasteiger partial charge is 0.327 e. The molecule has 9 heteroatoms. The van der Waals surface area contributed by atoms with Gasteiger partial charge in [0.05, 0.1) is 5.25 Å². The van der Waals surface area contributed by atoms with Crippen molar-refractivity contribution in [3.8, 4) is 0 Å². The molecule has 1 fully saturated rings. The lowest BCUT2D eigenvalue weighted by molar-refractivity contribution is -0.141. The summed E-state index contributed by atoms with van der Waals surface area (Å²) < 4.78 is 0. The van der Waals surface area contributed by atoms with E-state index in [1.165, 1.54) is 6.92 Å². The standard InChI is InChI=1S/C15H17N3O5S/c1-8(19)16-9-2-4-10(5-3-9)17-13(20)6-12-14(21)18-11(7-24-12)15(22)23/h2-5,11-12H,6-7H2,1H3,(H,16,19)(H,17,20)(H,18,21)(H,22,23)/t11-,12-/m0/s1. The first-order chi connectivity index (χ1) is 11.3. The number of hydrogen-bond donors (Lipinski definition) is 4. The molecule has 1 aliphatic heterocycles. The lowest BCUT2D eigenvalue weighted by Gasteiger charge is -2.25. The maximum absolute atomic E-state index is 12.0. The molecule has 0 unspecified atom stereocenters. The van der Waals surface area contributed by atoms with Gasteiger partial charge in [0.2, 0.25) is 17.7 Å². The van der Waals surface area contributed by atoms with Crippen LogP contribution in [0.15, 0.2) is 24.3 Å². The maximum Gasteiger partial charge on any atom is 0.327 e. The van der Waals surface area contributed by atoms with Gasteiger partial charge in [0, 0.05) is 30.5 Å². The molecule has 0 bridgehead atoms. The lowest BCUT2D eigenvalue weighted by atomic mass is 10.2. The van der Waals surface area contributed by atoms with Crippen LogP contribution in [0.1, 0.15) is 13.3 Å². The molecule has 24 heavy (non-hydrogen) atoms.